The van der Waals surface area contributed by atoms with Crippen molar-refractivity contribution in [1.82, 2.24) is 0 Å². The van der Waals surface area contributed by atoms with E-state index in [0.29, 0.717) is 23.7 Å². The molecule has 4 heteroatoms. The molecule has 0 aliphatic carbocycles. The van der Waals surface area contributed by atoms with Crippen molar-refractivity contribution in [1.29, 1.82) is 0 Å². The Labute approximate surface area is 124 Å². The molecule has 0 aliphatic heterocycles. The predicted octanol–water partition coefficient (Wildman–Crippen LogP) is 3.49. The average molecular weight is 286 g/mol. The van der Waals surface area contributed by atoms with Crippen LogP contribution in [0, 0.1) is 0 Å². The van der Waals surface area contributed by atoms with Gasteiger partial charge in [-0.2, -0.15) is 0 Å². The number of ether oxygens (including phenoxy) is 3. The van der Waals surface area contributed by atoms with Gasteiger partial charge in [0.05, 0.1) is 19.8 Å². The van der Waals surface area contributed by atoms with Gasteiger partial charge in [0.15, 0.2) is 5.78 Å². The molecule has 0 aromatic heterocycles. The number of hydrogen-bond acceptors (Lipinski definition) is 4. The quantitative estimate of drug-likeness (QED) is 0.763. The second-order valence-corrected chi connectivity index (χ2v) is 4.56. The zero-order valence-corrected chi connectivity index (χ0v) is 12.4. The second kappa shape index (κ2) is 6.79. The van der Waals surface area contributed by atoms with E-state index in [0.717, 1.165) is 11.3 Å². The largest absolute Gasteiger partial charge is 0.497 e. The molecule has 0 saturated carbocycles. The van der Waals surface area contributed by atoms with Crippen molar-refractivity contribution in [2.45, 2.75) is 13.5 Å². The normalized spacial score (nSPS) is 10.0. The Morgan fingerprint density at radius 1 is 1.00 bits per heavy atom. The van der Waals surface area contributed by atoms with Gasteiger partial charge >= 0.3 is 0 Å². The zero-order valence-electron chi connectivity index (χ0n) is 12.4. The summed E-state index contributed by atoms with van der Waals surface area (Å²) < 4.78 is 16.1. The maximum Gasteiger partial charge on any atom is 0.163 e. The predicted molar refractivity (Wildman–Crippen MR) is 80.3 cm³/mol. The van der Waals surface area contributed by atoms with Crippen LogP contribution in [0.5, 0.6) is 17.2 Å². The molecule has 21 heavy (non-hydrogen) atoms. The molecule has 0 saturated heterocycles. The highest BCUT2D eigenvalue weighted by Crippen LogP contribution is 2.26. The summed E-state index contributed by atoms with van der Waals surface area (Å²) in [6, 6.07) is 12.8. The SMILES string of the molecule is COc1cccc(COc2cc(OC)ccc2C(C)=O)c1. The molecule has 0 atom stereocenters. The van der Waals surface area contributed by atoms with Crippen molar-refractivity contribution in [3.05, 3.63) is 53.6 Å². The maximum absolute atomic E-state index is 11.6. The number of methoxy groups -OCH3 is 2. The third-order valence-corrected chi connectivity index (χ3v) is 3.10. The van der Waals surface area contributed by atoms with Gasteiger partial charge in [-0.3, -0.25) is 4.79 Å². The van der Waals surface area contributed by atoms with Gasteiger partial charge in [0.1, 0.15) is 23.9 Å². The number of carbonyl (C=O) groups is 1. The summed E-state index contributed by atoms with van der Waals surface area (Å²) in [6.45, 7) is 1.87. The molecule has 0 amide bonds. The lowest BCUT2D eigenvalue weighted by molar-refractivity contribution is 0.101. The molecule has 2 aromatic rings. The molecule has 0 spiro atoms. The third kappa shape index (κ3) is 3.75. The summed E-state index contributed by atoms with van der Waals surface area (Å²) in [5.74, 6) is 1.90. The highest BCUT2D eigenvalue weighted by molar-refractivity contribution is 5.97. The molecule has 4 nitrogen and oxygen atoms in total. The van der Waals surface area contributed by atoms with Gasteiger partial charge in [0, 0.05) is 6.07 Å². The van der Waals surface area contributed by atoms with Gasteiger partial charge in [-0.05, 0) is 36.8 Å². The summed E-state index contributed by atoms with van der Waals surface area (Å²) in [7, 11) is 3.20. The summed E-state index contributed by atoms with van der Waals surface area (Å²) in [4.78, 5) is 11.6. The van der Waals surface area contributed by atoms with E-state index in [9.17, 15) is 4.79 Å². The molecule has 0 fully saturated rings. The lowest BCUT2D eigenvalue weighted by Crippen LogP contribution is -2.02. The topological polar surface area (TPSA) is 44.8 Å². The zero-order chi connectivity index (χ0) is 15.2. The van der Waals surface area contributed by atoms with Gasteiger partial charge in [0.25, 0.3) is 0 Å². The van der Waals surface area contributed by atoms with Gasteiger partial charge in [0.2, 0.25) is 0 Å². The smallest absolute Gasteiger partial charge is 0.163 e. The molecule has 2 aromatic carbocycles. The van der Waals surface area contributed by atoms with Crippen LogP contribution in [0.3, 0.4) is 0 Å². The first kappa shape index (κ1) is 14.9. The minimum atomic E-state index is -0.0432. The van der Waals surface area contributed by atoms with Crippen LogP contribution >= 0.6 is 0 Å². The van der Waals surface area contributed by atoms with E-state index < -0.39 is 0 Å². The molecule has 0 radical (unpaired) electrons. The van der Waals surface area contributed by atoms with Gasteiger partial charge < -0.3 is 14.2 Å². The first-order valence-corrected chi connectivity index (χ1v) is 6.58. The van der Waals surface area contributed by atoms with Crippen molar-refractivity contribution in [2.24, 2.45) is 0 Å². The van der Waals surface area contributed by atoms with Crippen LogP contribution in [0.25, 0.3) is 0 Å². The van der Waals surface area contributed by atoms with Gasteiger partial charge in [-0.15, -0.1) is 0 Å². The molecule has 0 aliphatic rings. The van der Waals surface area contributed by atoms with Crippen LogP contribution in [-0.4, -0.2) is 20.0 Å². The molecular formula is C17H18O4. The van der Waals surface area contributed by atoms with Crippen molar-refractivity contribution in [2.75, 3.05) is 14.2 Å². The van der Waals surface area contributed by atoms with Crippen LogP contribution in [-0.2, 0) is 6.61 Å². The Hall–Kier alpha value is -2.49. The van der Waals surface area contributed by atoms with E-state index in [1.807, 2.05) is 24.3 Å². The maximum atomic E-state index is 11.6. The van der Waals surface area contributed by atoms with Crippen LogP contribution in [0.1, 0.15) is 22.8 Å². The lowest BCUT2D eigenvalue weighted by Gasteiger charge is -2.12. The van der Waals surface area contributed by atoms with Crippen molar-refractivity contribution < 1.29 is 19.0 Å². The highest BCUT2D eigenvalue weighted by Gasteiger charge is 2.10. The summed E-state index contributed by atoms with van der Waals surface area (Å²) >= 11 is 0. The fourth-order valence-corrected chi connectivity index (χ4v) is 1.96. The van der Waals surface area contributed by atoms with Crippen LogP contribution in [0.2, 0.25) is 0 Å². The Morgan fingerprint density at radius 2 is 1.71 bits per heavy atom. The van der Waals surface area contributed by atoms with Crippen LogP contribution in [0.15, 0.2) is 42.5 Å². The molecule has 2 rings (SSSR count). The lowest BCUT2D eigenvalue weighted by atomic mass is 10.1. The van der Waals surface area contributed by atoms with Crippen molar-refractivity contribution in [3.63, 3.8) is 0 Å². The fourth-order valence-electron chi connectivity index (χ4n) is 1.96. The number of rotatable bonds is 6. The molecule has 0 unspecified atom stereocenters. The molecule has 0 heterocycles. The van der Waals surface area contributed by atoms with Crippen LogP contribution in [0.4, 0.5) is 0 Å². The van der Waals surface area contributed by atoms with E-state index in [-0.39, 0.29) is 5.78 Å². The van der Waals surface area contributed by atoms with E-state index in [1.165, 1.54) is 6.92 Å². The minimum Gasteiger partial charge on any atom is -0.497 e. The number of hydrogen-bond donors (Lipinski definition) is 0. The number of Topliss-reactive ketones (excluding diaryl/α,β-unsaturated/α-hetero) is 1. The summed E-state index contributed by atoms with van der Waals surface area (Å²) in [6.07, 6.45) is 0. The monoisotopic (exact) mass is 286 g/mol. The van der Waals surface area contributed by atoms with Crippen LogP contribution < -0.4 is 14.2 Å². The highest BCUT2D eigenvalue weighted by atomic mass is 16.5. The number of carbonyl (C=O) groups excluding carboxylic acids is 1. The first-order chi connectivity index (χ1) is 10.1. The van der Waals surface area contributed by atoms with E-state index in [1.54, 1.807) is 32.4 Å². The standard InChI is InChI=1S/C17H18O4/c1-12(18)16-8-7-15(20-3)10-17(16)21-11-13-5-4-6-14(9-13)19-2/h4-10H,11H2,1-3H3. The molecular weight excluding hydrogens is 268 g/mol. The minimum absolute atomic E-state index is 0.0432. The van der Waals surface area contributed by atoms with Crippen molar-refractivity contribution >= 4 is 5.78 Å². The summed E-state index contributed by atoms with van der Waals surface area (Å²) in [5, 5.41) is 0. The van der Waals surface area contributed by atoms with E-state index in [4.69, 9.17) is 14.2 Å². The number of benzene rings is 2. The molecule has 0 N–H and O–H groups in total. The third-order valence-electron chi connectivity index (χ3n) is 3.10. The Bertz CT molecular complexity index is 634. The number of ketones is 1. The first-order valence-electron chi connectivity index (χ1n) is 6.58. The Balaban J connectivity index is 2.19. The molecule has 110 valence electrons. The summed E-state index contributed by atoms with van der Waals surface area (Å²) in [5.41, 5.74) is 1.50. The van der Waals surface area contributed by atoms with E-state index in [2.05, 4.69) is 0 Å². The second-order valence-electron chi connectivity index (χ2n) is 4.56. The molecule has 0 bridgehead atoms. The van der Waals surface area contributed by atoms with E-state index >= 15 is 0 Å². The van der Waals surface area contributed by atoms with Crippen molar-refractivity contribution in [3.8, 4) is 17.2 Å². The Kier molecular flexibility index (Phi) is 4.82. The Morgan fingerprint density at radius 3 is 2.38 bits per heavy atom. The van der Waals surface area contributed by atoms with Gasteiger partial charge in [-0.25, -0.2) is 0 Å². The van der Waals surface area contributed by atoms with Gasteiger partial charge in [-0.1, -0.05) is 12.1 Å². The average Bonchev–Trinajstić information content (AvgIpc) is 2.52. The fraction of sp³-hybridized carbons (Fsp3) is 0.235.